The van der Waals surface area contributed by atoms with Crippen LogP contribution in [-0.4, -0.2) is 90.9 Å². The van der Waals surface area contributed by atoms with Crippen LogP contribution in [0.25, 0.3) is 22.5 Å². The summed E-state index contributed by atoms with van der Waals surface area (Å²) in [5, 5.41) is 0. The minimum Gasteiger partial charge on any atom is -0.378 e. The third-order valence-corrected chi connectivity index (χ3v) is 8.69. The Morgan fingerprint density at radius 3 is 1.72 bits per heavy atom. The molecule has 0 radical (unpaired) electrons. The summed E-state index contributed by atoms with van der Waals surface area (Å²) >= 11 is 0. The van der Waals surface area contributed by atoms with Gasteiger partial charge in [-0.1, -0.05) is 66.7 Å². The van der Waals surface area contributed by atoms with Crippen LogP contribution in [-0.2, 0) is 0 Å². The van der Waals surface area contributed by atoms with E-state index >= 15 is 0 Å². The Balaban J connectivity index is 1.09. The van der Waals surface area contributed by atoms with Crippen LogP contribution in [0, 0.1) is 0 Å². The minimum absolute atomic E-state index is 0.0526. The molecule has 7 heteroatoms. The third kappa shape index (κ3) is 6.47. The molecule has 0 saturated carbocycles. The number of piperazine rings is 1. The Kier molecular flexibility index (Phi) is 8.52. The summed E-state index contributed by atoms with van der Waals surface area (Å²) in [6.07, 6.45) is 1.91. The molecule has 4 aromatic rings. The fourth-order valence-corrected chi connectivity index (χ4v) is 6.17. The van der Waals surface area contributed by atoms with E-state index in [1.165, 1.54) is 0 Å². The lowest BCUT2D eigenvalue weighted by atomic mass is 10.0. The second-order valence-electron chi connectivity index (χ2n) is 11.7. The Morgan fingerprint density at radius 1 is 0.628 bits per heavy atom. The largest absolute Gasteiger partial charge is 0.378 e. The lowest BCUT2D eigenvalue weighted by Crippen LogP contribution is -2.54. The predicted molar refractivity (Wildman–Crippen MR) is 172 cm³/mol. The van der Waals surface area contributed by atoms with Crippen LogP contribution in [0.2, 0.25) is 0 Å². The van der Waals surface area contributed by atoms with Crippen molar-refractivity contribution >= 4 is 17.5 Å². The molecule has 0 N–H and O–H groups in total. The smallest absolute Gasteiger partial charge is 0.254 e. The van der Waals surface area contributed by atoms with Crippen molar-refractivity contribution in [2.24, 2.45) is 0 Å². The van der Waals surface area contributed by atoms with Gasteiger partial charge in [-0.2, -0.15) is 0 Å². The molecule has 220 valence electrons. The summed E-state index contributed by atoms with van der Waals surface area (Å²) in [5.74, 6) is 0.163. The lowest BCUT2D eigenvalue weighted by Gasteiger charge is -2.42. The molecule has 2 aliphatic rings. The minimum atomic E-state index is 0.0526. The Morgan fingerprint density at radius 2 is 1.16 bits per heavy atom. The zero-order chi connectivity index (χ0) is 29.8. The number of rotatable bonds is 6. The molecule has 3 heterocycles. The highest BCUT2D eigenvalue weighted by Crippen LogP contribution is 2.27. The number of anilines is 1. The molecule has 1 aromatic heterocycles. The number of hydrogen-bond donors (Lipinski definition) is 0. The van der Waals surface area contributed by atoms with Crippen LogP contribution in [0.1, 0.15) is 33.6 Å². The second-order valence-corrected chi connectivity index (χ2v) is 11.7. The first-order valence-electron chi connectivity index (χ1n) is 15.2. The number of carbonyl (C=O) groups is 2. The molecule has 43 heavy (non-hydrogen) atoms. The summed E-state index contributed by atoms with van der Waals surface area (Å²) in [6, 6.07) is 32.2. The van der Waals surface area contributed by atoms with Gasteiger partial charge >= 0.3 is 0 Å². The van der Waals surface area contributed by atoms with Gasteiger partial charge in [0.2, 0.25) is 0 Å². The monoisotopic (exact) mass is 573 g/mol. The van der Waals surface area contributed by atoms with Crippen LogP contribution in [0.15, 0.2) is 97.1 Å². The normalized spacial score (nSPS) is 16.2. The van der Waals surface area contributed by atoms with Gasteiger partial charge in [0, 0.05) is 87.3 Å². The molecule has 0 atom stereocenters. The summed E-state index contributed by atoms with van der Waals surface area (Å²) in [4.78, 5) is 40.4. The average Bonchev–Trinajstić information content (AvgIpc) is 3.08. The third-order valence-electron chi connectivity index (χ3n) is 8.69. The van der Waals surface area contributed by atoms with Gasteiger partial charge in [0.1, 0.15) is 0 Å². The van der Waals surface area contributed by atoms with E-state index < -0.39 is 0 Å². The van der Waals surface area contributed by atoms with Crippen molar-refractivity contribution in [1.29, 1.82) is 0 Å². The Hall–Kier alpha value is -4.49. The van der Waals surface area contributed by atoms with E-state index in [0.29, 0.717) is 24.7 Å². The maximum absolute atomic E-state index is 13.8. The van der Waals surface area contributed by atoms with Gasteiger partial charge in [-0.25, -0.2) is 4.98 Å². The quantitative estimate of drug-likeness (QED) is 0.303. The van der Waals surface area contributed by atoms with Crippen LogP contribution >= 0.6 is 0 Å². The lowest BCUT2D eigenvalue weighted by molar-refractivity contribution is 0.0412. The molecule has 0 aliphatic carbocycles. The zero-order valence-corrected chi connectivity index (χ0v) is 25.0. The number of nitrogens with zero attached hydrogens (tertiary/aromatic N) is 5. The number of aromatic nitrogens is 1. The number of carbonyl (C=O) groups excluding carboxylic acids is 2. The van der Waals surface area contributed by atoms with Crippen molar-refractivity contribution in [3.63, 3.8) is 0 Å². The van der Waals surface area contributed by atoms with Crippen molar-refractivity contribution in [1.82, 2.24) is 19.7 Å². The van der Waals surface area contributed by atoms with Crippen molar-refractivity contribution in [2.45, 2.75) is 18.9 Å². The van der Waals surface area contributed by atoms with Gasteiger partial charge < -0.3 is 14.7 Å². The fourth-order valence-electron chi connectivity index (χ4n) is 6.17. The predicted octanol–water partition coefficient (Wildman–Crippen LogP) is 5.54. The van der Waals surface area contributed by atoms with Gasteiger partial charge in [-0.15, -0.1) is 0 Å². The number of piperidine rings is 1. The highest BCUT2D eigenvalue weighted by atomic mass is 16.2. The summed E-state index contributed by atoms with van der Waals surface area (Å²) in [6.45, 7) is 4.60. The number of amides is 2. The first-order valence-corrected chi connectivity index (χ1v) is 15.2. The molecule has 2 amide bonds. The highest BCUT2D eigenvalue weighted by Gasteiger charge is 2.31. The van der Waals surface area contributed by atoms with Gasteiger partial charge in [0.05, 0.1) is 11.4 Å². The molecule has 2 fully saturated rings. The SMILES string of the molecule is CN(C)c1cccc(C(=O)N2CCC(N3CCN(C(=O)c4cc(-c5ccccc5)nc(-c5ccccc5)c4)CC3)CC2)c1. The molecular formula is C36H39N5O2. The van der Waals surface area contributed by atoms with Gasteiger partial charge in [-0.05, 0) is 43.2 Å². The molecule has 0 unspecified atom stereocenters. The van der Waals surface area contributed by atoms with E-state index in [0.717, 1.165) is 72.8 Å². The first kappa shape index (κ1) is 28.6. The van der Waals surface area contributed by atoms with E-state index in [1.807, 2.05) is 126 Å². The Labute approximate surface area is 254 Å². The van der Waals surface area contributed by atoms with Gasteiger partial charge in [-0.3, -0.25) is 14.5 Å². The van der Waals surface area contributed by atoms with E-state index in [2.05, 4.69) is 4.90 Å². The second kappa shape index (κ2) is 12.8. The highest BCUT2D eigenvalue weighted by molar-refractivity contribution is 5.96. The van der Waals surface area contributed by atoms with Crippen molar-refractivity contribution in [3.8, 4) is 22.5 Å². The van der Waals surface area contributed by atoms with E-state index in [4.69, 9.17) is 4.98 Å². The molecule has 2 saturated heterocycles. The molecule has 0 spiro atoms. The topological polar surface area (TPSA) is 60.0 Å². The number of likely N-dealkylation sites (tertiary alicyclic amines) is 1. The molecular weight excluding hydrogens is 534 g/mol. The van der Waals surface area contributed by atoms with Crippen LogP contribution in [0.5, 0.6) is 0 Å². The van der Waals surface area contributed by atoms with Crippen LogP contribution < -0.4 is 4.90 Å². The van der Waals surface area contributed by atoms with Crippen molar-refractivity contribution < 1.29 is 9.59 Å². The van der Waals surface area contributed by atoms with E-state index in [-0.39, 0.29) is 11.8 Å². The molecule has 6 rings (SSSR count). The number of benzene rings is 3. The van der Waals surface area contributed by atoms with Crippen LogP contribution in [0.3, 0.4) is 0 Å². The first-order chi connectivity index (χ1) is 21.0. The number of hydrogen-bond acceptors (Lipinski definition) is 5. The molecule has 3 aromatic carbocycles. The summed E-state index contributed by atoms with van der Waals surface area (Å²) in [5.41, 5.74) is 6.05. The molecule has 0 bridgehead atoms. The van der Waals surface area contributed by atoms with E-state index in [1.54, 1.807) is 0 Å². The van der Waals surface area contributed by atoms with Crippen molar-refractivity contribution in [3.05, 3.63) is 108 Å². The Bertz CT molecular complexity index is 1500. The molecule has 7 nitrogen and oxygen atoms in total. The zero-order valence-electron chi connectivity index (χ0n) is 25.0. The average molecular weight is 574 g/mol. The number of pyridine rings is 1. The summed E-state index contributed by atoms with van der Waals surface area (Å²) < 4.78 is 0. The van der Waals surface area contributed by atoms with Gasteiger partial charge in [0.15, 0.2) is 0 Å². The molecule has 2 aliphatic heterocycles. The van der Waals surface area contributed by atoms with E-state index in [9.17, 15) is 9.59 Å². The standard InChI is InChI=1S/C36H39N5O2/c1-38(2)32-15-9-14-29(24-32)35(42)40-18-16-31(17-19-40)39-20-22-41(23-21-39)36(43)30-25-33(27-10-5-3-6-11-27)37-34(26-30)28-12-7-4-8-13-28/h3-15,24-26,31H,16-23H2,1-2H3. The van der Waals surface area contributed by atoms with Crippen LogP contribution in [0.4, 0.5) is 5.69 Å². The maximum atomic E-state index is 13.8. The van der Waals surface area contributed by atoms with Crippen molar-refractivity contribution in [2.75, 3.05) is 58.3 Å². The summed E-state index contributed by atoms with van der Waals surface area (Å²) in [7, 11) is 3.98. The fraction of sp³-hybridized carbons (Fsp3) is 0.306. The van der Waals surface area contributed by atoms with Gasteiger partial charge in [0.25, 0.3) is 11.8 Å². The maximum Gasteiger partial charge on any atom is 0.254 e.